The van der Waals surface area contributed by atoms with Gasteiger partial charge in [-0.25, -0.2) is 8.78 Å². The minimum Gasteiger partial charge on any atom is -0.490 e. The van der Waals surface area contributed by atoms with Crippen molar-refractivity contribution in [1.82, 2.24) is 0 Å². The van der Waals surface area contributed by atoms with Crippen LogP contribution in [0, 0.1) is 0 Å². The maximum atomic E-state index is 14.9. The monoisotopic (exact) mass is 420 g/mol. The minimum absolute atomic E-state index is 0.00651. The number of hydrogen-bond donors (Lipinski definition) is 1. The van der Waals surface area contributed by atoms with E-state index in [0.717, 1.165) is 0 Å². The molecule has 0 fully saturated rings. The van der Waals surface area contributed by atoms with Gasteiger partial charge in [-0.2, -0.15) is 8.78 Å². The molecule has 0 spiro atoms. The van der Waals surface area contributed by atoms with Crippen molar-refractivity contribution in [3.8, 4) is 0 Å². The second-order valence-corrected chi connectivity index (χ2v) is 8.75. The van der Waals surface area contributed by atoms with E-state index in [9.17, 15) is 22.7 Å². The zero-order valence-electron chi connectivity index (χ0n) is 16.9. The third kappa shape index (κ3) is 5.95. The molecular weight excluding hydrogens is 392 g/mol. The molecule has 2 nitrogen and oxygen atoms in total. The topological polar surface area (TPSA) is 29.5 Å². The largest absolute Gasteiger partial charge is 0.490 e. The lowest BCUT2D eigenvalue weighted by Crippen LogP contribution is -2.31. The Kier molecular flexibility index (Phi) is 8.95. The van der Waals surface area contributed by atoms with Crippen LogP contribution in [-0.4, -0.2) is 34.6 Å². The number of allylic oxidation sites excluding steroid dienone is 5. The lowest BCUT2D eigenvalue weighted by Gasteiger charge is -2.22. The smallest absolute Gasteiger partial charge is 0.283 e. The average Bonchev–Trinajstić information content (AvgIpc) is 2.81. The zero-order valence-corrected chi connectivity index (χ0v) is 17.7. The maximum Gasteiger partial charge on any atom is 0.283 e. The number of rotatable bonds is 8. The summed E-state index contributed by atoms with van der Waals surface area (Å²) in [4.78, 5) is 0.00651. The molecule has 0 aromatic rings. The van der Waals surface area contributed by atoms with E-state index in [1.807, 2.05) is 0 Å². The van der Waals surface area contributed by atoms with Gasteiger partial charge in [-0.3, -0.25) is 0 Å². The van der Waals surface area contributed by atoms with Crippen molar-refractivity contribution in [2.45, 2.75) is 58.6 Å². The third-order valence-corrected chi connectivity index (χ3v) is 6.03. The lowest BCUT2D eigenvalue weighted by atomic mass is 10.0. The summed E-state index contributed by atoms with van der Waals surface area (Å²) in [5, 5.41) is 11.8. The Balaban J connectivity index is 3.26. The van der Waals surface area contributed by atoms with Crippen molar-refractivity contribution in [2.24, 2.45) is 0 Å². The van der Waals surface area contributed by atoms with Gasteiger partial charge >= 0.3 is 0 Å². The first-order valence-electron chi connectivity index (χ1n) is 8.85. The van der Waals surface area contributed by atoms with Crippen LogP contribution in [0.1, 0.15) is 41.0 Å². The van der Waals surface area contributed by atoms with Crippen LogP contribution < -0.4 is 0 Å². The molecule has 3 atom stereocenters. The number of hydrogen-bond acceptors (Lipinski definition) is 2. The Hall–Kier alpha value is -1.60. The fourth-order valence-electron chi connectivity index (χ4n) is 3.00. The summed E-state index contributed by atoms with van der Waals surface area (Å²) in [5.41, 5.74) is -0.973. The fourth-order valence-corrected chi connectivity index (χ4v) is 4.20. The molecule has 1 N–H and O–H groups in total. The summed E-state index contributed by atoms with van der Waals surface area (Å²) < 4.78 is 60.2. The lowest BCUT2D eigenvalue weighted by molar-refractivity contribution is 0.0440. The molecule has 7 heteroatoms. The summed E-state index contributed by atoms with van der Waals surface area (Å²) in [7, 11) is -1.61. The van der Waals surface area contributed by atoms with Crippen LogP contribution in [0.25, 0.3) is 0 Å². The van der Waals surface area contributed by atoms with E-state index in [4.69, 9.17) is 4.74 Å². The highest BCUT2D eigenvalue weighted by Crippen LogP contribution is 2.49. The zero-order chi connectivity index (χ0) is 21.6. The predicted octanol–water partition coefficient (Wildman–Crippen LogP) is 6.34. The van der Waals surface area contributed by atoms with E-state index in [1.165, 1.54) is 32.2 Å². The van der Waals surface area contributed by atoms with E-state index in [0.29, 0.717) is 11.1 Å². The van der Waals surface area contributed by atoms with Crippen LogP contribution in [-0.2, 0) is 4.74 Å². The van der Waals surface area contributed by atoms with Crippen LogP contribution in [0.2, 0.25) is 0 Å². The summed E-state index contributed by atoms with van der Waals surface area (Å²) in [6.45, 7) is 11.2. The van der Waals surface area contributed by atoms with Gasteiger partial charge < -0.3 is 9.84 Å². The molecule has 28 heavy (non-hydrogen) atoms. The molecule has 1 aliphatic carbocycles. The first kappa shape index (κ1) is 24.4. The summed E-state index contributed by atoms with van der Waals surface area (Å²) in [6.07, 6.45) is 2.82. The van der Waals surface area contributed by atoms with Gasteiger partial charge in [0.05, 0.1) is 5.83 Å². The standard InChI is InChI=1S/C21H28F4O2S/c1-7-17(27-10-9-13(3)11-14(4)22)16-12-21(6,25)19(26)18(16)15(5)28(8-2)20(23)24/h7-9,11,19-20,26H,5,10,12H2,1-4,6H3/b13-9-,14-11+,17-7+/t19?,21-,28?/m1/s1. The molecular formula is C21H28F4O2S. The fraction of sp³-hybridized carbons (Fsp3) is 0.476. The van der Waals surface area contributed by atoms with Crippen molar-refractivity contribution in [1.29, 1.82) is 0 Å². The Bertz CT molecular complexity index is 754. The van der Waals surface area contributed by atoms with E-state index in [-0.39, 0.29) is 35.1 Å². The Morgan fingerprint density at radius 3 is 2.46 bits per heavy atom. The molecule has 0 bridgehead atoms. The van der Waals surface area contributed by atoms with Crippen LogP contribution in [0.5, 0.6) is 0 Å². The highest BCUT2D eigenvalue weighted by molar-refractivity contribution is 8.18. The summed E-state index contributed by atoms with van der Waals surface area (Å²) >= 11 is 0. The first-order valence-corrected chi connectivity index (χ1v) is 10.2. The Morgan fingerprint density at radius 1 is 1.39 bits per heavy atom. The van der Waals surface area contributed by atoms with Crippen molar-refractivity contribution in [2.75, 3.05) is 6.61 Å². The van der Waals surface area contributed by atoms with Crippen LogP contribution >= 0.6 is 10.5 Å². The molecule has 0 saturated heterocycles. The van der Waals surface area contributed by atoms with Crippen molar-refractivity contribution < 1.29 is 27.4 Å². The third-order valence-electron chi connectivity index (χ3n) is 4.35. The molecule has 1 rings (SSSR count). The molecule has 0 aromatic carbocycles. The van der Waals surface area contributed by atoms with Crippen molar-refractivity contribution >= 4 is 15.9 Å². The molecule has 2 unspecified atom stereocenters. The maximum absolute atomic E-state index is 14.9. The first-order chi connectivity index (χ1) is 13.0. The van der Waals surface area contributed by atoms with E-state index >= 15 is 0 Å². The van der Waals surface area contributed by atoms with Crippen LogP contribution in [0.15, 0.2) is 58.0 Å². The highest BCUT2D eigenvalue weighted by Gasteiger charge is 2.46. The van der Waals surface area contributed by atoms with Crippen LogP contribution in [0.3, 0.4) is 0 Å². The number of aliphatic hydroxyl groups excluding tert-OH is 1. The van der Waals surface area contributed by atoms with Gasteiger partial charge in [-0.1, -0.05) is 22.4 Å². The van der Waals surface area contributed by atoms with E-state index < -0.39 is 28.0 Å². The number of alkyl halides is 3. The van der Waals surface area contributed by atoms with E-state index in [2.05, 4.69) is 6.58 Å². The molecule has 0 aliphatic heterocycles. The minimum atomic E-state index is -2.69. The molecule has 0 saturated carbocycles. The summed E-state index contributed by atoms with van der Waals surface area (Å²) in [5.74, 6) is -2.75. The van der Waals surface area contributed by atoms with Crippen LogP contribution in [0.4, 0.5) is 17.6 Å². The van der Waals surface area contributed by atoms with Gasteiger partial charge in [0.25, 0.3) is 5.76 Å². The Labute approximate surface area is 166 Å². The van der Waals surface area contributed by atoms with E-state index in [1.54, 1.807) is 26.0 Å². The number of aliphatic hydroxyl groups is 1. The normalized spacial score (nSPS) is 25.7. The van der Waals surface area contributed by atoms with Gasteiger partial charge in [-0.15, -0.1) is 0 Å². The molecule has 1 aliphatic rings. The second kappa shape index (κ2) is 10.3. The number of halogens is 4. The Morgan fingerprint density at radius 2 is 2.00 bits per heavy atom. The molecule has 0 aromatic heterocycles. The SMILES string of the molecule is C=C(C1=C(/C(=C\C)OC/C=C(C)\C=C(/C)F)C[C@@](C)(F)C1O)/S(=C\C)C(F)F. The highest BCUT2D eigenvalue weighted by atomic mass is 32.2. The number of ether oxygens (including phenoxy) is 1. The average molecular weight is 421 g/mol. The predicted molar refractivity (Wildman–Crippen MR) is 110 cm³/mol. The summed E-state index contributed by atoms with van der Waals surface area (Å²) in [6, 6.07) is 0. The molecule has 158 valence electrons. The second-order valence-electron chi connectivity index (χ2n) is 6.68. The van der Waals surface area contributed by atoms with Gasteiger partial charge in [0.15, 0.2) is 0 Å². The van der Waals surface area contributed by atoms with Gasteiger partial charge in [-0.05, 0) is 58.4 Å². The van der Waals surface area contributed by atoms with Gasteiger partial charge in [0.2, 0.25) is 0 Å². The van der Waals surface area contributed by atoms with Gasteiger partial charge in [0, 0.05) is 22.5 Å². The molecule has 0 radical (unpaired) electrons. The molecule has 0 heterocycles. The van der Waals surface area contributed by atoms with Crippen molar-refractivity contribution in [3.63, 3.8) is 0 Å². The van der Waals surface area contributed by atoms with Gasteiger partial charge in [0.1, 0.15) is 24.1 Å². The van der Waals surface area contributed by atoms with Crippen molar-refractivity contribution in [3.05, 3.63) is 58.0 Å². The quantitative estimate of drug-likeness (QED) is 0.215. The molecule has 0 amide bonds.